The number of amides is 1. The lowest BCUT2D eigenvalue weighted by Crippen LogP contribution is -2.32. The lowest BCUT2D eigenvalue weighted by molar-refractivity contribution is 0.0860. The Bertz CT molecular complexity index is 1550. The summed E-state index contributed by atoms with van der Waals surface area (Å²) in [5.74, 6) is -0.307. The van der Waals surface area contributed by atoms with Crippen LogP contribution >= 0.6 is 0 Å². The van der Waals surface area contributed by atoms with Crippen LogP contribution in [0.15, 0.2) is 53.3 Å². The molecule has 0 aliphatic carbocycles. The summed E-state index contributed by atoms with van der Waals surface area (Å²) in [6.07, 6.45) is 1.93. The number of carbonyl (C=O) groups excluding carboxylic acids is 1. The number of para-hydroxylation sites is 3. The number of carbonyl (C=O) groups is 1. The predicted molar refractivity (Wildman–Crippen MR) is 117 cm³/mol. The summed E-state index contributed by atoms with van der Waals surface area (Å²) in [6.45, 7) is 1.13. The number of nitrogens with zero attached hydrogens (tertiary/aromatic N) is 3. The van der Waals surface area contributed by atoms with Gasteiger partial charge >= 0.3 is 0 Å². The highest BCUT2D eigenvalue weighted by Crippen LogP contribution is 2.27. The van der Waals surface area contributed by atoms with Crippen LogP contribution in [0.4, 0.5) is 0 Å². The first kappa shape index (κ1) is 18.0. The van der Waals surface area contributed by atoms with E-state index in [1.54, 1.807) is 6.07 Å². The Morgan fingerprint density at radius 3 is 2.71 bits per heavy atom. The van der Waals surface area contributed by atoms with Crippen LogP contribution in [-0.2, 0) is 4.74 Å². The van der Waals surface area contributed by atoms with Gasteiger partial charge < -0.3 is 15.0 Å². The van der Waals surface area contributed by atoms with Gasteiger partial charge in [0.15, 0.2) is 5.65 Å². The van der Waals surface area contributed by atoms with E-state index < -0.39 is 0 Å². The fourth-order valence-corrected chi connectivity index (χ4v) is 4.35. The van der Waals surface area contributed by atoms with Crippen LogP contribution in [0, 0.1) is 0 Å². The van der Waals surface area contributed by atoms with Crippen LogP contribution in [0.3, 0.4) is 0 Å². The number of hydrogen-bond acceptors (Lipinski definition) is 5. The number of nitrogens with one attached hydrogen (secondary N) is 2. The first-order chi connectivity index (χ1) is 15.2. The molecule has 1 saturated heterocycles. The Morgan fingerprint density at radius 2 is 1.90 bits per heavy atom. The van der Waals surface area contributed by atoms with Gasteiger partial charge in [0.1, 0.15) is 16.7 Å². The van der Waals surface area contributed by atoms with Crippen molar-refractivity contribution in [3.8, 4) is 0 Å². The van der Waals surface area contributed by atoms with Gasteiger partial charge in [-0.15, -0.1) is 0 Å². The Morgan fingerprint density at radius 1 is 1.13 bits per heavy atom. The van der Waals surface area contributed by atoms with Crippen molar-refractivity contribution in [2.45, 2.75) is 18.9 Å². The van der Waals surface area contributed by atoms with E-state index in [2.05, 4.69) is 10.3 Å². The van der Waals surface area contributed by atoms with Gasteiger partial charge in [-0.05, 0) is 37.1 Å². The summed E-state index contributed by atoms with van der Waals surface area (Å²) in [5.41, 5.74) is 3.51. The largest absolute Gasteiger partial charge is 0.376 e. The molecule has 0 spiro atoms. The molecule has 2 N–H and O–H groups in total. The molecule has 6 rings (SSSR count). The quantitative estimate of drug-likeness (QED) is 0.474. The Labute approximate surface area is 175 Å². The Hall–Kier alpha value is -3.78. The highest BCUT2D eigenvalue weighted by atomic mass is 16.5. The second-order valence-corrected chi connectivity index (χ2v) is 7.76. The third-order valence-corrected chi connectivity index (χ3v) is 5.82. The molecule has 1 amide bonds. The van der Waals surface area contributed by atoms with Gasteiger partial charge in [0.25, 0.3) is 11.5 Å². The molecule has 5 aromatic rings. The van der Waals surface area contributed by atoms with E-state index in [9.17, 15) is 9.59 Å². The van der Waals surface area contributed by atoms with Crippen molar-refractivity contribution in [2.24, 2.45) is 0 Å². The molecule has 8 nitrogen and oxygen atoms in total. The summed E-state index contributed by atoms with van der Waals surface area (Å²) < 4.78 is 7.44. The number of fused-ring (bicyclic) bond motifs is 6. The van der Waals surface area contributed by atoms with Crippen LogP contribution in [-0.4, -0.2) is 44.5 Å². The van der Waals surface area contributed by atoms with Gasteiger partial charge in [0, 0.05) is 13.2 Å². The molecule has 0 radical (unpaired) electrons. The molecule has 0 bridgehead atoms. The molecule has 3 aromatic heterocycles. The first-order valence-corrected chi connectivity index (χ1v) is 10.3. The van der Waals surface area contributed by atoms with Gasteiger partial charge in [-0.25, -0.2) is 9.97 Å². The van der Waals surface area contributed by atoms with Gasteiger partial charge in [0.2, 0.25) is 0 Å². The molecule has 1 aliphatic rings. The second kappa shape index (κ2) is 6.88. The van der Waals surface area contributed by atoms with E-state index in [-0.39, 0.29) is 17.6 Å². The Kier molecular flexibility index (Phi) is 4.00. The highest BCUT2D eigenvalue weighted by Gasteiger charge is 2.25. The van der Waals surface area contributed by atoms with Crippen LogP contribution in [0.5, 0.6) is 0 Å². The van der Waals surface area contributed by atoms with E-state index in [0.29, 0.717) is 45.3 Å². The third-order valence-electron chi connectivity index (χ3n) is 5.82. The minimum Gasteiger partial charge on any atom is -0.376 e. The maximum Gasteiger partial charge on any atom is 0.258 e. The van der Waals surface area contributed by atoms with Crippen molar-refractivity contribution in [1.82, 2.24) is 24.7 Å². The smallest absolute Gasteiger partial charge is 0.258 e. The zero-order valence-electron chi connectivity index (χ0n) is 16.6. The van der Waals surface area contributed by atoms with E-state index in [1.807, 2.05) is 46.9 Å². The molecule has 0 saturated carbocycles. The van der Waals surface area contributed by atoms with Crippen molar-refractivity contribution in [2.75, 3.05) is 13.2 Å². The van der Waals surface area contributed by atoms with E-state index in [4.69, 9.17) is 14.7 Å². The van der Waals surface area contributed by atoms with Gasteiger partial charge in [-0.1, -0.05) is 24.3 Å². The lowest BCUT2D eigenvalue weighted by Gasteiger charge is -2.10. The normalized spacial score (nSPS) is 16.6. The molecule has 1 atom stereocenters. The monoisotopic (exact) mass is 413 g/mol. The van der Waals surface area contributed by atoms with Crippen molar-refractivity contribution < 1.29 is 9.53 Å². The van der Waals surface area contributed by atoms with Crippen LogP contribution in [0.1, 0.15) is 23.2 Å². The van der Waals surface area contributed by atoms with Gasteiger partial charge in [-0.2, -0.15) is 0 Å². The minimum atomic E-state index is -0.307. The molecule has 31 heavy (non-hydrogen) atoms. The molecule has 1 aliphatic heterocycles. The van der Waals surface area contributed by atoms with Crippen LogP contribution < -0.4 is 10.9 Å². The summed E-state index contributed by atoms with van der Waals surface area (Å²) in [7, 11) is 0. The van der Waals surface area contributed by atoms with Crippen molar-refractivity contribution in [3.63, 3.8) is 0 Å². The predicted octanol–water partition coefficient (Wildman–Crippen LogP) is 2.79. The molecule has 1 fully saturated rings. The van der Waals surface area contributed by atoms with E-state index in [0.717, 1.165) is 25.0 Å². The molecule has 154 valence electrons. The third kappa shape index (κ3) is 2.79. The molecule has 2 aromatic carbocycles. The maximum atomic E-state index is 13.3. The van der Waals surface area contributed by atoms with Crippen LogP contribution in [0.25, 0.3) is 38.7 Å². The zero-order chi connectivity index (χ0) is 20.9. The molecular weight excluding hydrogens is 394 g/mol. The van der Waals surface area contributed by atoms with Crippen molar-refractivity contribution >= 4 is 44.7 Å². The second-order valence-electron chi connectivity index (χ2n) is 7.76. The number of benzene rings is 2. The topological polar surface area (TPSA) is 101 Å². The number of aromatic amines is 1. The number of rotatable bonds is 3. The zero-order valence-corrected chi connectivity index (χ0v) is 16.6. The molecule has 4 heterocycles. The average molecular weight is 413 g/mol. The molecule has 1 unspecified atom stereocenters. The molecular formula is C23H19N5O3. The lowest BCUT2D eigenvalue weighted by atomic mass is 10.2. The first-order valence-electron chi connectivity index (χ1n) is 10.3. The standard InChI is InChI=1S/C23H19N5O3/c29-22-14-7-1-4-10-17(14)28-20(27-22)18(23(30)24-12-13-6-5-11-31-13)19-21(28)26-16-9-3-2-8-15(16)25-19/h1-4,7-10,13H,5-6,11-12H2,(H,24,30)(H,27,29). The number of ether oxygens (including phenoxy) is 1. The van der Waals surface area contributed by atoms with Gasteiger partial charge in [-0.3, -0.25) is 14.0 Å². The van der Waals surface area contributed by atoms with Gasteiger partial charge in [0.05, 0.1) is 28.0 Å². The summed E-state index contributed by atoms with van der Waals surface area (Å²) in [5, 5.41) is 3.48. The minimum absolute atomic E-state index is 0.0101. The number of hydrogen-bond donors (Lipinski definition) is 2. The number of aromatic nitrogens is 4. The molecule has 8 heteroatoms. The summed E-state index contributed by atoms with van der Waals surface area (Å²) in [4.78, 5) is 38.5. The average Bonchev–Trinajstić information content (AvgIpc) is 3.42. The fraction of sp³-hybridized carbons (Fsp3) is 0.217. The maximum absolute atomic E-state index is 13.3. The highest BCUT2D eigenvalue weighted by molar-refractivity contribution is 6.13. The fourth-order valence-electron chi connectivity index (χ4n) is 4.35. The van der Waals surface area contributed by atoms with Crippen molar-refractivity contribution in [3.05, 3.63) is 64.4 Å². The number of H-pyrrole nitrogens is 1. The SMILES string of the molecule is O=C(NCC1CCCO1)c1c2nc3ccccc3nc2n2c1[nH]c(=O)c1ccccc12. The summed E-state index contributed by atoms with van der Waals surface area (Å²) in [6, 6.07) is 14.8. The Balaban J connectivity index is 1.65. The van der Waals surface area contributed by atoms with Crippen molar-refractivity contribution in [1.29, 1.82) is 0 Å². The summed E-state index contributed by atoms with van der Waals surface area (Å²) >= 11 is 0. The van der Waals surface area contributed by atoms with E-state index >= 15 is 0 Å². The van der Waals surface area contributed by atoms with Crippen LogP contribution in [0.2, 0.25) is 0 Å². The van der Waals surface area contributed by atoms with E-state index in [1.165, 1.54) is 0 Å².